The molecule has 3 rings (SSSR count). The second-order valence-corrected chi connectivity index (χ2v) is 31.3. The summed E-state index contributed by atoms with van der Waals surface area (Å²) in [7, 11) is -3.40. The van der Waals surface area contributed by atoms with E-state index in [9.17, 15) is 23.1 Å². The highest BCUT2D eigenvalue weighted by atomic mass is 35.5. The van der Waals surface area contributed by atoms with Crippen LogP contribution in [0.2, 0.25) is 20.1 Å². The van der Waals surface area contributed by atoms with Gasteiger partial charge in [-0.25, -0.2) is 18.0 Å². The van der Waals surface area contributed by atoms with Crippen molar-refractivity contribution in [2.75, 3.05) is 47.5 Å². The number of sulfonamides is 1. The van der Waals surface area contributed by atoms with Crippen LogP contribution in [-0.2, 0) is 21.2 Å². The van der Waals surface area contributed by atoms with Crippen molar-refractivity contribution in [3.8, 4) is 17.2 Å². The van der Waals surface area contributed by atoms with Gasteiger partial charge in [0.15, 0.2) is 11.5 Å². The highest BCUT2D eigenvalue weighted by Gasteiger charge is 2.20. The number of aryl methyl sites for hydroxylation is 1. The number of hydrogen-bond donors (Lipinski definition) is 5. The van der Waals surface area contributed by atoms with Gasteiger partial charge in [-0.3, -0.25) is 10.0 Å². The van der Waals surface area contributed by atoms with Gasteiger partial charge in [-0.1, -0.05) is 377 Å². The number of hydrogen-bond acceptors (Lipinski definition) is 8. The topological polar surface area (TPSA) is 164 Å². The minimum atomic E-state index is -3.40. The first-order valence-electron chi connectivity index (χ1n) is 40.5. The minimum absolute atomic E-state index is 0.0323. The Hall–Kier alpha value is -3.49. The van der Waals surface area contributed by atoms with Crippen molar-refractivity contribution in [1.29, 1.82) is 0 Å². The number of amides is 3. The summed E-state index contributed by atoms with van der Waals surface area (Å²) in [4.78, 5) is 24.9. The molecule has 3 aromatic carbocycles. The summed E-state index contributed by atoms with van der Waals surface area (Å²) in [5.41, 5.74) is 3.76. The van der Waals surface area contributed by atoms with E-state index in [-0.39, 0.29) is 23.2 Å². The molecule has 12 nitrogen and oxygen atoms in total. The van der Waals surface area contributed by atoms with Gasteiger partial charge in [0, 0.05) is 16.6 Å². The third-order valence-corrected chi connectivity index (χ3v) is 21.4. The molecule has 0 heterocycles. The average molecular weight is 1500 g/mol. The predicted molar refractivity (Wildman–Crippen MR) is 435 cm³/mol. The zero-order valence-electron chi connectivity index (χ0n) is 64.5. The molecule has 0 aliphatic carbocycles. The lowest BCUT2D eigenvalue weighted by Crippen LogP contribution is -2.29. The molecule has 0 aromatic heterocycles. The third kappa shape index (κ3) is 50.0. The molecular weight excluding hydrogens is 1350 g/mol. The Bertz CT molecular complexity index is 2610. The van der Waals surface area contributed by atoms with Gasteiger partial charge in [0.25, 0.3) is 0 Å². The van der Waals surface area contributed by atoms with Crippen LogP contribution < -0.4 is 30.1 Å². The normalized spacial score (nSPS) is 11.2. The van der Waals surface area contributed by atoms with Crippen LogP contribution >= 0.6 is 46.4 Å². The number of ether oxygens (including phenoxy) is 3. The van der Waals surface area contributed by atoms with Gasteiger partial charge in [0.2, 0.25) is 10.0 Å². The number of aromatic hydroxyl groups is 1. The lowest BCUT2D eigenvalue weighted by molar-refractivity contribution is 0.159. The van der Waals surface area contributed by atoms with Gasteiger partial charge >= 0.3 is 12.1 Å². The minimum Gasteiger partial charge on any atom is -0.506 e. The number of benzene rings is 3. The fourth-order valence-corrected chi connectivity index (χ4v) is 14.6. The second-order valence-electron chi connectivity index (χ2n) is 27.9. The largest absolute Gasteiger partial charge is 0.506 e. The van der Waals surface area contributed by atoms with Crippen LogP contribution in [0.4, 0.5) is 26.7 Å². The maximum absolute atomic E-state index is 12.5. The summed E-state index contributed by atoms with van der Waals surface area (Å²) in [5.74, 6) is 1.07. The number of nitrogens with one attached hydrogen (secondary N) is 4. The van der Waals surface area contributed by atoms with Crippen molar-refractivity contribution < 1.29 is 37.3 Å². The van der Waals surface area contributed by atoms with Gasteiger partial charge in [-0.05, 0) is 93.3 Å². The first-order chi connectivity index (χ1) is 48.5. The van der Waals surface area contributed by atoms with E-state index in [2.05, 4.69) is 55.3 Å². The summed E-state index contributed by atoms with van der Waals surface area (Å²) < 4.78 is 44.3. The number of phenolic OH excluding ortho intramolecular Hbond substituents is 1. The Morgan fingerprint density at radius 2 is 0.760 bits per heavy atom. The summed E-state index contributed by atoms with van der Waals surface area (Å²) in [5, 5.41) is 20.4. The maximum Gasteiger partial charge on any atom is 0.411 e. The Balaban J connectivity index is 0.000000758. The van der Waals surface area contributed by atoms with Gasteiger partial charge in [-0.15, -0.1) is 0 Å². The average Bonchev–Trinajstić information content (AvgIpc) is 0.820. The fraction of sp³-hybridized carbons (Fsp3) is 0.759. The molecule has 0 saturated heterocycles. The Morgan fingerprint density at radius 1 is 0.410 bits per heavy atom. The first-order valence-corrected chi connectivity index (χ1v) is 43.7. The van der Waals surface area contributed by atoms with E-state index in [1.54, 1.807) is 24.3 Å². The molecule has 578 valence electrons. The van der Waals surface area contributed by atoms with Crippen LogP contribution in [0.25, 0.3) is 0 Å². The van der Waals surface area contributed by atoms with Gasteiger partial charge in [0.05, 0.1) is 52.7 Å². The van der Waals surface area contributed by atoms with Gasteiger partial charge in [-0.2, -0.15) is 0 Å². The zero-order valence-corrected chi connectivity index (χ0v) is 68.3. The van der Waals surface area contributed by atoms with Crippen molar-refractivity contribution in [2.45, 2.75) is 376 Å². The van der Waals surface area contributed by atoms with Crippen LogP contribution in [0.1, 0.15) is 373 Å². The van der Waals surface area contributed by atoms with Crippen LogP contribution in [0.3, 0.4) is 0 Å². The Labute approximate surface area is 632 Å². The first kappa shape index (κ1) is 94.5. The molecule has 17 heteroatoms. The molecular formula is C83H144Cl4N4O8S. The fourth-order valence-electron chi connectivity index (χ4n) is 12.1. The van der Waals surface area contributed by atoms with E-state index in [4.69, 9.17) is 60.6 Å². The van der Waals surface area contributed by atoms with Crippen molar-refractivity contribution in [3.63, 3.8) is 0 Å². The van der Waals surface area contributed by atoms with E-state index >= 15 is 0 Å². The molecule has 0 bridgehead atoms. The lowest BCUT2D eigenvalue weighted by Gasteiger charge is -2.17. The monoisotopic (exact) mass is 1500 g/mol. The smallest absolute Gasteiger partial charge is 0.411 e. The van der Waals surface area contributed by atoms with E-state index in [0.717, 1.165) is 80.9 Å². The van der Waals surface area contributed by atoms with Crippen molar-refractivity contribution in [2.24, 2.45) is 0 Å². The molecule has 100 heavy (non-hydrogen) atoms. The highest BCUT2D eigenvalue weighted by molar-refractivity contribution is 7.92. The molecule has 0 atom stereocenters. The number of urea groups is 1. The van der Waals surface area contributed by atoms with E-state index < -0.39 is 16.1 Å². The number of rotatable bonds is 61. The number of carbonyl (C=O) groups excluding carboxylic acids is 2. The molecule has 0 saturated carbocycles. The lowest BCUT2D eigenvalue weighted by atomic mass is 10.0. The third-order valence-electron chi connectivity index (χ3n) is 18.5. The molecule has 0 radical (unpaired) electrons. The number of carbonyl (C=O) groups is 2. The van der Waals surface area contributed by atoms with Crippen LogP contribution in [-0.4, -0.2) is 57.8 Å². The molecule has 0 spiro atoms. The quantitative estimate of drug-likeness (QED) is 0.0275. The summed E-state index contributed by atoms with van der Waals surface area (Å²) in [6.07, 6.45) is 61.3. The Morgan fingerprint density at radius 3 is 1.17 bits per heavy atom. The second kappa shape index (κ2) is 65.1. The molecule has 0 aliphatic heterocycles. The maximum atomic E-state index is 12.5. The zero-order chi connectivity index (χ0) is 73.5. The molecule has 0 aliphatic rings. The summed E-state index contributed by atoms with van der Waals surface area (Å²) >= 11 is 25.9. The van der Waals surface area contributed by atoms with Crippen LogP contribution in [0.15, 0.2) is 30.3 Å². The summed E-state index contributed by atoms with van der Waals surface area (Å²) in [6, 6.07) is 8.10. The number of phenols is 1. The Kier molecular flexibility index (Phi) is 61.5. The van der Waals surface area contributed by atoms with Crippen molar-refractivity contribution in [3.05, 3.63) is 67.1 Å². The predicted octanol–water partition coefficient (Wildman–Crippen LogP) is 28.9. The molecule has 0 unspecified atom stereocenters. The van der Waals surface area contributed by atoms with Crippen LogP contribution in [0.5, 0.6) is 17.2 Å². The van der Waals surface area contributed by atoms with E-state index in [1.807, 2.05) is 20.8 Å². The highest BCUT2D eigenvalue weighted by Crippen LogP contribution is 2.42. The SMILES string of the molecule is CCCCCCCCCCCCCCCCS(=O)(=O)Nc1cc(C)ccc1O.CCCCCCCCCCCCCCCOC(=O)Nc1cc(Cl)c(CC)c(Cl)c1OCCCCCCCC.CCCCCCCCCCCCNC(=O)Nc1cc(Cl)c(C)c(Cl)c1OCCCCCCCC. The molecule has 3 amide bonds. The molecule has 0 fully saturated rings. The molecule has 3 aromatic rings. The van der Waals surface area contributed by atoms with Crippen molar-refractivity contribution in [1.82, 2.24) is 5.32 Å². The molecule has 5 N–H and O–H groups in total. The van der Waals surface area contributed by atoms with E-state index in [0.29, 0.717) is 82.2 Å². The van der Waals surface area contributed by atoms with Crippen LogP contribution in [0, 0.1) is 13.8 Å². The van der Waals surface area contributed by atoms with E-state index in [1.165, 1.54) is 250 Å². The number of unbranched alkanes of at least 4 members (excludes halogenated alkanes) is 44. The summed E-state index contributed by atoms with van der Waals surface area (Å²) in [6.45, 7) is 19.1. The number of halogens is 4. The van der Waals surface area contributed by atoms with Gasteiger partial charge in [0.1, 0.15) is 5.75 Å². The van der Waals surface area contributed by atoms with Crippen molar-refractivity contribution >= 4 is 85.6 Å². The standard InChI is InChI=1S/C32H55Cl2NO3.C28H48Cl2N2O2.C23H41NO3S/c1-4-7-9-11-13-14-15-16-17-18-19-21-23-25-38-32(36)35-29-26-28(33)27(6-3)30(34)31(29)37-24-22-20-12-10-8-5-2;1-4-6-8-10-12-13-14-15-16-18-20-31-28(33)32-25-22-24(29)23(3)26(30)27(25)34-21-19-17-11-9-7-5-2;1-3-4-5-6-7-8-9-10-11-12-13-14-15-16-19-28(26,27)24-22-20-21(2)17-18-23(22)25/h26H,4-25H2,1-3H3,(H,35,36);22H,4-21H2,1-3H3,(H2,31,32,33);17-18,20,24-25H,3-16,19H2,1-2H3. The van der Waals surface area contributed by atoms with Gasteiger partial charge < -0.3 is 30.0 Å². The number of anilines is 3.